The van der Waals surface area contributed by atoms with Crippen molar-refractivity contribution in [2.45, 2.75) is 13.8 Å². The molecule has 0 saturated carbocycles. The van der Waals surface area contributed by atoms with Crippen molar-refractivity contribution in [2.24, 2.45) is 5.16 Å². The number of nitrogens with zero attached hydrogens (tertiary/aromatic N) is 2. The van der Waals surface area contributed by atoms with E-state index in [2.05, 4.69) is 9.99 Å². The highest BCUT2D eigenvalue weighted by molar-refractivity contribution is 5.95. The van der Waals surface area contributed by atoms with E-state index in [1.807, 2.05) is 0 Å². The van der Waals surface area contributed by atoms with Crippen LogP contribution in [0.1, 0.15) is 19.5 Å². The molecule has 0 saturated heterocycles. The van der Waals surface area contributed by atoms with Crippen molar-refractivity contribution in [1.82, 2.24) is 0 Å². The molecular formula is C9H10N2O3. The molecule has 0 aliphatic heterocycles. The molecule has 5 nitrogen and oxygen atoms in total. The van der Waals surface area contributed by atoms with Gasteiger partial charge in [-0.15, -0.1) is 0 Å². The van der Waals surface area contributed by atoms with Crippen molar-refractivity contribution in [1.29, 1.82) is 0 Å². The van der Waals surface area contributed by atoms with Crippen molar-refractivity contribution in [2.75, 3.05) is 0 Å². The minimum absolute atomic E-state index is 0.355. The van der Waals surface area contributed by atoms with E-state index < -0.39 is 5.97 Å². The van der Waals surface area contributed by atoms with Gasteiger partial charge in [0.1, 0.15) is 5.71 Å². The Kier molecular flexibility index (Phi) is 3.17. The second-order valence-corrected chi connectivity index (χ2v) is 2.67. The molecule has 1 aromatic rings. The molecule has 1 heterocycles. The van der Waals surface area contributed by atoms with E-state index in [9.17, 15) is 10.0 Å². The van der Waals surface area contributed by atoms with Crippen LogP contribution in [-0.2, 0) is 9.63 Å². The number of hydrogen-bond acceptors (Lipinski definition) is 4. The SMILES string of the molecule is CC(=O)O/N=C(/C)c1cccc[n+]1[O-]. The summed E-state index contributed by atoms with van der Waals surface area (Å²) in [5, 5.41) is 14.7. The lowest BCUT2D eigenvalue weighted by Gasteiger charge is -2.01. The predicted molar refractivity (Wildman–Crippen MR) is 49.4 cm³/mol. The van der Waals surface area contributed by atoms with Crippen molar-refractivity contribution in [3.05, 3.63) is 35.3 Å². The number of oxime groups is 1. The van der Waals surface area contributed by atoms with Gasteiger partial charge < -0.3 is 10.0 Å². The Morgan fingerprint density at radius 2 is 2.21 bits per heavy atom. The van der Waals surface area contributed by atoms with Gasteiger partial charge in [-0.2, -0.15) is 4.73 Å². The molecule has 0 aromatic carbocycles. The summed E-state index contributed by atoms with van der Waals surface area (Å²) in [7, 11) is 0. The molecule has 0 spiro atoms. The summed E-state index contributed by atoms with van der Waals surface area (Å²) >= 11 is 0. The fourth-order valence-corrected chi connectivity index (χ4v) is 0.888. The highest BCUT2D eigenvalue weighted by atomic mass is 16.7. The lowest BCUT2D eigenvalue weighted by Crippen LogP contribution is -2.33. The zero-order chi connectivity index (χ0) is 10.6. The molecule has 0 aliphatic rings. The van der Waals surface area contributed by atoms with E-state index in [4.69, 9.17) is 0 Å². The van der Waals surface area contributed by atoms with Gasteiger partial charge in [-0.3, -0.25) is 0 Å². The first-order valence-corrected chi connectivity index (χ1v) is 4.02. The van der Waals surface area contributed by atoms with Crippen LogP contribution in [0.4, 0.5) is 0 Å². The molecule has 5 heteroatoms. The zero-order valence-electron chi connectivity index (χ0n) is 7.93. The topological polar surface area (TPSA) is 65.6 Å². The Balaban J connectivity index is 2.89. The van der Waals surface area contributed by atoms with Crippen LogP contribution in [0, 0.1) is 5.21 Å². The lowest BCUT2D eigenvalue weighted by molar-refractivity contribution is -0.606. The third kappa shape index (κ3) is 2.55. The second kappa shape index (κ2) is 4.36. The van der Waals surface area contributed by atoms with Gasteiger partial charge in [-0.05, 0) is 13.0 Å². The number of aromatic nitrogens is 1. The van der Waals surface area contributed by atoms with Crippen LogP contribution in [0.15, 0.2) is 29.6 Å². The van der Waals surface area contributed by atoms with Gasteiger partial charge in [0, 0.05) is 19.1 Å². The van der Waals surface area contributed by atoms with Gasteiger partial charge in [0.25, 0.3) is 0 Å². The fourth-order valence-electron chi connectivity index (χ4n) is 0.888. The molecule has 0 unspecified atom stereocenters. The average Bonchev–Trinajstić information content (AvgIpc) is 2.15. The normalized spacial score (nSPS) is 11.1. The van der Waals surface area contributed by atoms with Crippen molar-refractivity contribution in [3.63, 3.8) is 0 Å². The van der Waals surface area contributed by atoms with E-state index in [-0.39, 0.29) is 0 Å². The minimum atomic E-state index is -0.516. The van der Waals surface area contributed by atoms with Gasteiger partial charge in [-0.1, -0.05) is 5.16 Å². The summed E-state index contributed by atoms with van der Waals surface area (Å²) < 4.78 is 0.655. The molecule has 1 aromatic heterocycles. The summed E-state index contributed by atoms with van der Waals surface area (Å²) in [6.07, 6.45) is 1.35. The predicted octanol–water partition coefficient (Wildman–Crippen LogP) is 0.607. The van der Waals surface area contributed by atoms with Crippen LogP contribution in [0.25, 0.3) is 0 Å². The third-order valence-electron chi connectivity index (χ3n) is 1.51. The maximum absolute atomic E-state index is 11.2. The van der Waals surface area contributed by atoms with Gasteiger partial charge in [-0.25, -0.2) is 4.79 Å². The Morgan fingerprint density at radius 3 is 2.79 bits per heavy atom. The molecule has 0 bridgehead atoms. The van der Waals surface area contributed by atoms with Crippen LogP contribution < -0.4 is 4.73 Å². The van der Waals surface area contributed by atoms with Crippen molar-refractivity contribution in [3.8, 4) is 0 Å². The third-order valence-corrected chi connectivity index (χ3v) is 1.51. The van der Waals surface area contributed by atoms with Crippen LogP contribution >= 0.6 is 0 Å². The van der Waals surface area contributed by atoms with Crippen LogP contribution in [0.2, 0.25) is 0 Å². The minimum Gasteiger partial charge on any atom is -0.618 e. The highest BCUT2D eigenvalue weighted by Crippen LogP contribution is 1.95. The van der Waals surface area contributed by atoms with Gasteiger partial charge >= 0.3 is 5.97 Å². The molecule has 14 heavy (non-hydrogen) atoms. The molecule has 0 radical (unpaired) electrons. The van der Waals surface area contributed by atoms with E-state index in [0.717, 1.165) is 0 Å². The summed E-state index contributed by atoms with van der Waals surface area (Å²) in [6.45, 7) is 2.83. The molecule has 0 atom stereocenters. The molecule has 1 rings (SSSR count). The van der Waals surface area contributed by atoms with E-state index in [1.54, 1.807) is 25.1 Å². The molecule has 0 N–H and O–H groups in total. The van der Waals surface area contributed by atoms with Crippen LogP contribution in [0.3, 0.4) is 0 Å². The lowest BCUT2D eigenvalue weighted by atomic mass is 10.3. The Hall–Kier alpha value is -1.91. The first-order chi connectivity index (χ1) is 6.61. The van der Waals surface area contributed by atoms with Gasteiger partial charge in [0.05, 0.1) is 0 Å². The van der Waals surface area contributed by atoms with Crippen LogP contribution in [0.5, 0.6) is 0 Å². The second-order valence-electron chi connectivity index (χ2n) is 2.67. The standard InChI is InChI=1S/C9H10N2O3/c1-7(10-14-8(2)12)9-5-3-4-6-11(9)13/h3-6H,1-2H3/b10-7-. The quantitative estimate of drug-likeness (QED) is 0.228. The largest absolute Gasteiger partial charge is 0.618 e. The number of pyridine rings is 1. The smallest absolute Gasteiger partial charge is 0.331 e. The van der Waals surface area contributed by atoms with E-state index in [0.29, 0.717) is 16.1 Å². The molecule has 0 aliphatic carbocycles. The number of carbonyl (C=O) groups excluding carboxylic acids is 1. The summed E-state index contributed by atoms with van der Waals surface area (Å²) in [6, 6.07) is 4.90. The molecule has 74 valence electrons. The maximum Gasteiger partial charge on any atom is 0.331 e. The monoisotopic (exact) mass is 194 g/mol. The number of carbonyl (C=O) groups is 1. The Bertz CT molecular complexity index is 374. The fraction of sp³-hybridized carbons (Fsp3) is 0.222. The van der Waals surface area contributed by atoms with E-state index in [1.165, 1.54) is 13.1 Å². The van der Waals surface area contributed by atoms with Crippen LogP contribution in [-0.4, -0.2) is 11.7 Å². The van der Waals surface area contributed by atoms with E-state index >= 15 is 0 Å². The Morgan fingerprint density at radius 1 is 1.50 bits per heavy atom. The summed E-state index contributed by atoms with van der Waals surface area (Å²) in [4.78, 5) is 14.9. The Labute approximate surface area is 81.2 Å². The zero-order valence-corrected chi connectivity index (χ0v) is 7.93. The average molecular weight is 194 g/mol. The number of rotatable bonds is 2. The molecule has 0 amide bonds. The first kappa shape index (κ1) is 10.2. The number of hydrogen-bond donors (Lipinski definition) is 0. The van der Waals surface area contributed by atoms with Gasteiger partial charge in [0.2, 0.25) is 5.69 Å². The molecular weight excluding hydrogens is 184 g/mol. The first-order valence-electron chi connectivity index (χ1n) is 4.02. The highest BCUT2D eigenvalue weighted by Gasteiger charge is 2.08. The van der Waals surface area contributed by atoms with Gasteiger partial charge in [0.15, 0.2) is 6.20 Å². The van der Waals surface area contributed by atoms with Crippen molar-refractivity contribution < 1.29 is 14.4 Å². The summed E-state index contributed by atoms with van der Waals surface area (Å²) in [5.74, 6) is -0.516. The maximum atomic E-state index is 11.2. The summed E-state index contributed by atoms with van der Waals surface area (Å²) in [5.41, 5.74) is 0.713. The molecule has 0 fully saturated rings. The van der Waals surface area contributed by atoms with Crippen molar-refractivity contribution >= 4 is 11.7 Å².